The van der Waals surface area contributed by atoms with E-state index in [0.717, 1.165) is 34.7 Å². The van der Waals surface area contributed by atoms with Crippen LogP contribution in [0.25, 0.3) is 0 Å². The molecule has 1 saturated heterocycles. The van der Waals surface area contributed by atoms with Crippen LogP contribution in [0.4, 0.5) is 29.5 Å². The molecule has 1 aliphatic heterocycles. The lowest BCUT2D eigenvalue weighted by Gasteiger charge is -2.27. The zero-order valence-electron chi connectivity index (χ0n) is 20.0. The second kappa shape index (κ2) is 9.18. The van der Waals surface area contributed by atoms with Crippen LogP contribution in [0.15, 0.2) is 59.9 Å². The standard InChI is InChI=1S/C23H23F3N6O4S/c1-22(2)20(33)32(17-4-6-18(7-5-17)37(35,36)23(24,25)26)21(34)31(22)14-15-8-9-27-19(10-15)28-11-16-12-29-30(3)13-16/h4-10,12-13H,11,14H2,1-3H3,(H,27,28). The van der Waals surface area contributed by atoms with Crippen molar-refractivity contribution in [3.8, 4) is 0 Å². The highest BCUT2D eigenvalue weighted by Crippen LogP contribution is 2.35. The number of urea groups is 1. The summed E-state index contributed by atoms with van der Waals surface area (Å²) in [6.07, 6.45) is 5.13. The number of nitrogens with one attached hydrogen (secondary N) is 1. The number of hydrogen-bond donors (Lipinski definition) is 1. The lowest BCUT2D eigenvalue weighted by atomic mass is 10.0. The summed E-state index contributed by atoms with van der Waals surface area (Å²) in [5.41, 5.74) is -5.16. The minimum atomic E-state index is -5.56. The Hall–Kier alpha value is -3.94. The second-order valence-corrected chi connectivity index (χ2v) is 10.9. The lowest BCUT2D eigenvalue weighted by Crippen LogP contribution is -2.43. The molecule has 1 aromatic carbocycles. The molecule has 0 bridgehead atoms. The topological polar surface area (TPSA) is 118 Å². The zero-order valence-corrected chi connectivity index (χ0v) is 20.8. The Labute approximate surface area is 210 Å². The highest BCUT2D eigenvalue weighted by Gasteiger charge is 2.52. The first-order valence-electron chi connectivity index (χ1n) is 11.0. The third-order valence-corrected chi connectivity index (χ3v) is 7.43. The van der Waals surface area contributed by atoms with Gasteiger partial charge < -0.3 is 10.2 Å². The normalized spacial score (nSPS) is 15.9. The van der Waals surface area contributed by atoms with Gasteiger partial charge in [0.1, 0.15) is 11.4 Å². The van der Waals surface area contributed by atoms with Crippen LogP contribution < -0.4 is 10.2 Å². The van der Waals surface area contributed by atoms with Crippen LogP contribution in [0.1, 0.15) is 25.0 Å². The van der Waals surface area contributed by atoms with Gasteiger partial charge in [0, 0.05) is 38.1 Å². The molecular formula is C23H23F3N6O4S. The van der Waals surface area contributed by atoms with Crippen molar-refractivity contribution in [1.29, 1.82) is 0 Å². The van der Waals surface area contributed by atoms with Gasteiger partial charge in [0.15, 0.2) is 0 Å². The molecule has 37 heavy (non-hydrogen) atoms. The van der Waals surface area contributed by atoms with Crippen molar-refractivity contribution in [3.05, 3.63) is 66.1 Å². The second-order valence-electron chi connectivity index (χ2n) is 8.94. The number of pyridine rings is 1. The van der Waals surface area contributed by atoms with Crippen molar-refractivity contribution < 1.29 is 31.2 Å². The Kier molecular flexibility index (Phi) is 6.48. The molecule has 1 fully saturated rings. The van der Waals surface area contributed by atoms with Gasteiger partial charge in [-0.1, -0.05) is 0 Å². The third-order valence-electron chi connectivity index (χ3n) is 5.93. The van der Waals surface area contributed by atoms with E-state index in [0.29, 0.717) is 17.9 Å². The number of aryl methyl sites for hydroxylation is 1. The monoisotopic (exact) mass is 536 g/mol. The number of benzene rings is 1. The molecular weight excluding hydrogens is 513 g/mol. The first kappa shape index (κ1) is 26.1. The van der Waals surface area contributed by atoms with Crippen LogP contribution in [0, 0.1) is 0 Å². The molecule has 3 aromatic rings. The van der Waals surface area contributed by atoms with Gasteiger partial charge in [0.2, 0.25) is 0 Å². The molecule has 0 spiro atoms. The van der Waals surface area contributed by atoms with Crippen LogP contribution in [-0.4, -0.2) is 51.1 Å². The number of imide groups is 1. The van der Waals surface area contributed by atoms with Gasteiger partial charge in [-0.25, -0.2) is 23.1 Å². The fourth-order valence-electron chi connectivity index (χ4n) is 3.84. The Balaban J connectivity index is 1.53. The van der Waals surface area contributed by atoms with E-state index in [9.17, 15) is 31.2 Å². The number of nitrogens with zero attached hydrogens (tertiary/aromatic N) is 5. The van der Waals surface area contributed by atoms with E-state index in [1.807, 2.05) is 6.20 Å². The number of carbonyl (C=O) groups is 2. The fraction of sp³-hybridized carbons (Fsp3) is 0.304. The Morgan fingerprint density at radius 1 is 1.05 bits per heavy atom. The van der Waals surface area contributed by atoms with Crippen LogP contribution >= 0.6 is 0 Å². The molecule has 1 N–H and O–H groups in total. The predicted molar refractivity (Wildman–Crippen MR) is 127 cm³/mol. The maximum Gasteiger partial charge on any atom is 0.501 e. The minimum absolute atomic E-state index is 0.0414. The van der Waals surface area contributed by atoms with E-state index < -0.39 is 37.7 Å². The van der Waals surface area contributed by atoms with Crippen LogP contribution in [0.3, 0.4) is 0 Å². The van der Waals surface area contributed by atoms with Gasteiger partial charge in [0.05, 0.1) is 16.8 Å². The van der Waals surface area contributed by atoms with Crippen molar-refractivity contribution in [2.45, 2.75) is 42.9 Å². The number of rotatable bonds is 7. The molecule has 3 amide bonds. The first-order chi connectivity index (χ1) is 17.2. The summed E-state index contributed by atoms with van der Waals surface area (Å²) in [6.45, 7) is 3.64. The highest BCUT2D eigenvalue weighted by atomic mass is 32.2. The van der Waals surface area contributed by atoms with Crippen LogP contribution in [0.2, 0.25) is 0 Å². The molecule has 2 aromatic heterocycles. The van der Waals surface area contributed by atoms with Gasteiger partial charge in [-0.05, 0) is 55.8 Å². The summed E-state index contributed by atoms with van der Waals surface area (Å²) in [5.74, 6) is -0.0524. The molecule has 14 heteroatoms. The Morgan fingerprint density at radius 2 is 1.73 bits per heavy atom. The molecule has 0 unspecified atom stereocenters. The number of sulfone groups is 1. The van der Waals surface area contributed by atoms with Crippen LogP contribution in [0.5, 0.6) is 0 Å². The molecule has 10 nitrogen and oxygen atoms in total. The van der Waals surface area contributed by atoms with E-state index >= 15 is 0 Å². The van der Waals surface area contributed by atoms with Gasteiger partial charge in [-0.15, -0.1) is 0 Å². The van der Waals surface area contributed by atoms with Crippen LogP contribution in [-0.2, 0) is 34.8 Å². The summed E-state index contributed by atoms with van der Waals surface area (Å²) in [7, 11) is -3.75. The predicted octanol–water partition coefficient (Wildman–Crippen LogP) is 3.47. The molecule has 3 heterocycles. The van der Waals surface area contributed by atoms with Gasteiger partial charge in [0.25, 0.3) is 15.7 Å². The maximum absolute atomic E-state index is 13.3. The smallest absolute Gasteiger partial charge is 0.366 e. The molecule has 0 radical (unpaired) electrons. The molecule has 196 valence electrons. The van der Waals surface area contributed by atoms with E-state index in [2.05, 4.69) is 15.4 Å². The van der Waals surface area contributed by atoms with Gasteiger partial charge >= 0.3 is 11.5 Å². The van der Waals surface area contributed by atoms with Crippen molar-refractivity contribution in [1.82, 2.24) is 19.7 Å². The SMILES string of the molecule is Cn1cc(CNc2cc(CN3C(=O)N(c4ccc(S(=O)(=O)C(F)(F)F)cc4)C(=O)C3(C)C)ccn2)cn1. The average Bonchev–Trinajstić information content (AvgIpc) is 3.32. The van der Waals surface area contributed by atoms with Crippen molar-refractivity contribution in [2.24, 2.45) is 7.05 Å². The molecule has 0 atom stereocenters. The van der Waals surface area contributed by atoms with Crippen molar-refractivity contribution >= 4 is 33.3 Å². The molecule has 0 aliphatic carbocycles. The quantitative estimate of drug-likeness (QED) is 0.460. The number of hydrogen-bond acceptors (Lipinski definition) is 7. The minimum Gasteiger partial charge on any atom is -0.366 e. The average molecular weight is 537 g/mol. The molecule has 1 aliphatic rings. The van der Waals surface area contributed by atoms with E-state index in [4.69, 9.17) is 0 Å². The summed E-state index contributed by atoms with van der Waals surface area (Å²) in [4.78, 5) is 31.8. The first-order valence-corrected chi connectivity index (χ1v) is 12.4. The molecule has 4 rings (SSSR count). The fourth-order valence-corrected chi connectivity index (χ4v) is 4.61. The zero-order chi connectivity index (χ0) is 27.2. The Morgan fingerprint density at radius 3 is 2.32 bits per heavy atom. The number of aromatic nitrogens is 3. The van der Waals surface area contributed by atoms with Crippen molar-refractivity contribution in [3.63, 3.8) is 0 Å². The number of alkyl halides is 3. The largest absolute Gasteiger partial charge is 0.501 e. The van der Waals surface area contributed by atoms with E-state index in [1.54, 1.807) is 50.1 Å². The summed E-state index contributed by atoms with van der Waals surface area (Å²) < 4.78 is 63.5. The maximum atomic E-state index is 13.3. The summed E-state index contributed by atoms with van der Waals surface area (Å²) in [6, 6.07) is 6.19. The van der Waals surface area contributed by atoms with E-state index in [1.165, 1.54) is 4.90 Å². The molecule has 0 saturated carbocycles. The third kappa shape index (κ3) is 4.88. The van der Waals surface area contributed by atoms with Gasteiger partial charge in [-0.3, -0.25) is 9.48 Å². The number of amides is 3. The Bertz CT molecular complexity index is 1450. The summed E-state index contributed by atoms with van der Waals surface area (Å²) in [5, 5.41) is 7.27. The number of anilines is 2. The number of halogens is 3. The lowest BCUT2D eigenvalue weighted by molar-refractivity contribution is -0.123. The van der Waals surface area contributed by atoms with Gasteiger partial charge in [-0.2, -0.15) is 18.3 Å². The number of carbonyl (C=O) groups excluding carboxylic acids is 2. The highest BCUT2D eigenvalue weighted by molar-refractivity contribution is 7.92. The van der Waals surface area contributed by atoms with Crippen molar-refractivity contribution in [2.75, 3.05) is 10.2 Å². The van der Waals surface area contributed by atoms with E-state index in [-0.39, 0.29) is 12.2 Å². The summed E-state index contributed by atoms with van der Waals surface area (Å²) >= 11 is 0.